The monoisotopic (exact) mass is 499 g/mol. The van der Waals surface area contributed by atoms with Crippen LogP contribution < -0.4 is 15.9 Å². The third kappa shape index (κ3) is 4.25. The second kappa shape index (κ2) is 9.06. The number of aromatic nitrogens is 4. The molecule has 0 bridgehead atoms. The average Bonchev–Trinajstić information content (AvgIpc) is 3.35. The van der Waals surface area contributed by atoms with E-state index in [0.29, 0.717) is 39.3 Å². The molecule has 11 nitrogen and oxygen atoms in total. The van der Waals surface area contributed by atoms with Gasteiger partial charge in [0.2, 0.25) is 0 Å². The number of benzene rings is 2. The highest BCUT2D eigenvalue weighted by atomic mass is 79.9. The molecule has 0 aliphatic heterocycles. The fourth-order valence-corrected chi connectivity index (χ4v) is 3.52. The Kier molecular flexibility index (Phi) is 6.03. The third-order valence-electron chi connectivity index (χ3n) is 4.44. The Morgan fingerprint density at radius 3 is 2.94 bits per heavy atom. The first-order chi connectivity index (χ1) is 15.5. The van der Waals surface area contributed by atoms with Crippen LogP contribution in [0.15, 0.2) is 50.6 Å². The minimum absolute atomic E-state index is 0.00540. The van der Waals surface area contributed by atoms with Crippen molar-refractivity contribution in [1.29, 1.82) is 0 Å². The summed E-state index contributed by atoms with van der Waals surface area (Å²) in [6.07, 6.45) is 1.44. The standard InChI is InChI=1S/C20H18BrN7O4/c1-2-31-15-8-11(7-12(21)18(15)30)9-23-25-16(29)10-28-14-6-4-3-5-13(14)24-20(28)17-19(22)27-32-26-17/h3-9,30H,2,10H2,1H3,(H2,22,27)(H,25,29). The van der Waals surface area contributed by atoms with Gasteiger partial charge < -0.3 is 20.1 Å². The summed E-state index contributed by atoms with van der Waals surface area (Å²) in [5.41, 5.74) is 10.5. The van der Waals surface area contributed by atoms with Crippen LogP contribution in [0.4, 0.5) is 5.82 Å². The van der Waals surface area contributed by atoms with Gasteiger partial charge in [-0.1, -0.05) is 12.1 Å². The van der Waals surface area contributed by atoms with Crippen molar-refractivity contribution in [3.05, 3.63) is 46.4 Å². The predicted molar refractivity (Wildman–Crippen MR) is 120 cm³/mol. The number of ether oxygens (including phenoxy) is 1. The molecule has 2 aromatic heterocycles. The third-order valence-corrected chi connectivity index (χ3v) is 5.04. The lowest BCUT2D eigenvalue weighted by Crippen LogP contribution is -2.23. The van der Waals surface area contributed by atoms with E-state index in [-0.39, 0.29) is 23.8 Å². The van der Waals surface area contributed by atoms with Gasteiger partial charge in [0.05, 0.1) is 28.3 Å². The number of amides is 1. The Morgan fingerprint density at radius 1 is 1.38 bits per heavy atom. The lowest BCUT2D eigenvalue weighted by molar-refractivity contribution is -0.121. The summed E-state index contributed by atoms with van der Waals surface area (Å²) >= 11 is 3.26. The zero-order valence-corrected chi connectivity index (χ0v) is 18.4. The molecule has 32 heavy (non-hydrogen) atoms. The number of hydrogen-bond acceptors (Lipinski definition) is 9. The Labute approximate surface area is 190 Å². The molecule has 0 saturated carbocycles. The molecule has 0 atom stereocenters. The topological polar surface area (TPSA) is 154 Å². The number of nitrogens with zero attached hydrogens (tertiary/aromatic N) is 5. The number of hydrogen-bond donors (Lipinski definition) is 3. The fourth-order valence-electron chi connectivity index (χ4n) is 3.06. The summed E-state index contributed by atoms with van der Waals surface area (Å²) in [6, 6.07) is 10.6. The number of aromatic hydroxyl groups is 1. The maximum absolute atomic E-state index is 12.6. The van der Waals surface area contributed by atoms with Gasteiger partial charge in [-0.3, -0.25) is 4.79 Å². The van der Waals surface area contributed by atoms with Crippen molar-refractivity contribution >= 4 is 44.9 Å². The van der Waals surface area contributed by atoms with Crippen LogP contribution in [0, 0.1) is 0 Å². The molecule has 0 radical (unpaired) electrons. The highest BCUT2D eigenvalue weighted by Crippen LogP contribution is 2.35. The average molecular weight is 500 g/mol. The largest absolute Gasteiger partial charge is 0.503 e. The van der Waals surface area contributed by atoms with Crippen molar-refractivity contribution < 1.29 is 19.3 Å². The van der Waals surface area contributed by atoms with Crippen LogP contribution in [-0.2, 0) is 11.3 Å². The van der Waals surface area contributed by atoms with Gasteiger partial charge in [0.25, 0.3) is 5.91 Å². The van der Waals surface area contributed by atoms with Gasteiger partial charge in [-0.05, 0) is 63.0 Å². The van der Waals surface area contributed by atoms with Gasteiger partial charge >= 0.3 is 0 Å². The summed E-state index contributed by atoms with van der Waals surface area (Å²) in [6.45, 7) is 2.11. The molecule has 164 valence electrons. The number of halogens is 1. The summed E-state index contributed by atoms with van der Waals surface area (Å²) in [5, 5.41) is 21.4. The van der Waals surface area contributed by atoms with Gasteiger partial charge in [-0.15, -0.1) is 0 Å². The number of phenols is 1. The summed E-state index contributed by atoms with van der Waals surface area (Å²) in [4.78, 5) is 17.1. The van der Waals surface area contributed by atoms with E-state index in [1.165, 1.54) is 6.21 Å². The summed E-state index contributed by atoms with van der Waals surface area (Å²) in [5.74, 6) is 0.330. The van der Waals surface area contributed by atoms with Crippen molar-refractivity contribution in [3.63, 3.8) is 0 Å². The molecule has 2 heterocycles. The van der Waals surface area contributed by atoms with Crippen LogP contribution >= 0.6 is 15.9 Å². The maximum Gasteiger partial charge on any atom is 0.260 e. The lowest BCUT2D eigenvalue weighted by atomic mass is 10.2. The lowest BCUT2D eigenvalue weighted by Gasteiger charge is -2.08. The van der Waals surface area contributed by atoms with Gasteiger partial charge in [0.15, 0.2) is 28.8 Å². The van der Waals surface area contributed by atoms with Crippen LogP contribution in [0.1, 0.15) is 12.5 Å². The van der Waals surface area contributed by atoms with E-state index in [1.807, 2.05) is 31.2 Å². The number of nitrogen functional groups attached to an aromatic ring is 1. The Hall–Kier alpha value is -3.93. The molecular weight excluding hydrogens is 482 g/mol. The van der Waals surface area contributed by atoms with Gasteiger partial charge in [0, 0.05) is 0 Å². The highest BCUT2D eigenvalue weighted by Gasteiger charge is 2.20. The highest BCUT2D eigenvalue weighted by molar-refractivity contribution is 9.10. The van der Waals surface area contributed by atoms with Crippen LogP contribution in [0.3, 0.4) is 0 Å². The molecule has 4 aromatic rings. The Balaban J connectivity index is 1.55. The predicted octanol–water partition coefficient (Wildman–Crippen LogP) is 2.69. The van der Waals surface area contributed by atoms with Crippen molar-refractivity contribution in [2.24, 2.45) is 5.10 Å². The summed E-state index contributed by atoms with van der Waals surface area (Å²) in [7, 11) is 0. The quantitative estimate of drug-likeness (QED) is 0.259. The van der Waals surface area contributed by atoms with E-state index in [0.717, 1.165) is 0 Å². The van der Waals surface area contributed by atoms with Gasteiger partial charge in [-0.2, -0.15) is 5.10 Å². The number of carbonyl (C=O) groups excluding carboxylic acids is 1. The number of para-hydroxylation sites is 2. The molecule has 12 heteroatoms. The molecule has 1 amide bonds. The number of carbonyl (C=O) groups is 1. The number of nitrogens with one attached hydrogen (secondary N) is 1. The molecular formula is C20H18BrN7O4. The molecule has 2 aromatic carbocycles. The van der Waals surface area contributed by atoms with E-state index in [9.17, 15) is 9.90 Å². The van der Waals surface area contributed by atoms with Crippen molar-refractivity contribution in [2.75, 3.05) is 12.3 Å². The number of imidazole rings is 1. The van der Waals surface area contributed by atoms with E-state index in [1.54, 1.807) is 16.7 Å². The number of phenolic OH excluding ortho intramolecular Hbond substituents is 1. The smallest absolute Gasteiger partial charge is 0.260 e. The number of anilines is 1. The van der Waals surface area contributed by atoms with Crippen molar-refractivity contribution in [3.8, 4) is 23.0 Å². The number of hydrazone groups is 1. The minimum Gasteiger partial charge on any atom is -0.503 e. The molecule has 4 rings (SSSR count). The molecule has 0 aliphatic rings. The first-order valence-corrected chi connectivity index (χ1v) is 10.3. The van der Waals surface area contributed by atoms with E-state index in [2.05, 4.69) is 46.4 Å². The zero-order valence-electron chi connectivity index (χ0n) is 16.8. The number of rotatable bonds is 7. The maximum atomic E-state index is 12.6. The second-order valence-corrected chi connectivity index (χ2v) is 7.44. The van der Waals surface area contributed by atoms with Crippen molar-refractivity contribution in [2.45, 2.75) is 13.5 Å². The van der Waals surface area contributed by atoms with E-state index >= 15 is 0 Å². The Bertz CT molecular complexity index is 1310. The van der Waals surface area contributed by atoms with Gasteiger partial charge in [0.1, 0.15) is 6.54 Å². The van der Waals surface area contributed by atoms with E-state index in [4.69, 9.17) is 10.5 Å². The van der Waals surface area contributed by atoms with Gasteiger partial charge in [-0.25, -0.2) is 15.0 Å². The SMILES string of the molecule is CCOc1cc(C=NNC(=O)Cn2c(-c3nonc3N)nc3ccccc32)cc(Br)c1O. The first kappa shape index (κ1) is 21.3. The Morgan fingerprint density at radius 2 is 2.19 bits per heavy atom. The second-order valence-electron chi connectivity index (χ2n) is 6.58. The first-order valence-electron chi connectivity index (χ1n) is 9.48. The molecule has 0 aliphatic carbocycles. The molecule has 4 N–H and O–H groups in total. The van der Waals surface area contributed by atoms with E-state index < -0.39 is 5.91 Å². The molecule has 0 spiro atoms. The molecule has 0 saturated heterocycles. The molecule has 0 unspecified atom stereocenters. The number of nitrogens with two attached hydrogens (primary N) is 1. The minimum atomic E-state index is -0.399. The zero-order chi connectivity index (χ0) is 22.7. The summed E-state index contributed by atoms with van der Waals surface area (Å²) < 4.78 is 12.2. The van der Waals surface area contributed by atoms with Crippen LogP contribution in [0.5, 0.6) is 11.5 Å². The molecule has 0 fully saturated rings. The van der Waals surface area contributed by atoms with Crippen LogP contribution in [0.25, 0.3) is 22.6 Å². The van der Waals surface area contributed by atoms with Crippen molar-refractivity contribution in [1.82, 2.24) is 25.3 Å². The normalized spacial score (nSPS) is 11.3. The fraction of sp³-hybridized carbons (Fsp3) is 0.150. The van der Waals surface area contributed by atoms with Crippen LogP contribution in [0.2, 0.25) is 0 Å². The number of fused-ring (bicyclic) bond motifs is 1. The van der Waals surface area contributed by atoms with Crippen LogP contribution in [-0.4, -0.2) is 43.7 Å².